The van der Waals surface area contributed by atoms with Gasteiger partial charge in [0.25, 0.3) is 0 Å². The van der Waals surface area contributed by atoms with Crippen LogP contribution in [0.5, 0.6) is 0 Å². The second-order valence-corrected chi connectivity index (χ2v) is 15.5. The number of hydrogen-bond acceptors (Lipinski definition) is 6. The maximum atomic E-state index is 10.4. The number of hydrogen-bond donors (Lipinski definition) is 0. The summed E-state index contributed by atoms with van der Waals surface area (Å²) in [6, 6.07) is 0. The van der Waals surface area contributed by atoms with Gasteiger partial charge in [-0.15, -0.1) is 0 Å². The Labute approximate surface area is 278 Å². The quantitative estimate of drug-likeness (QED) is 0.196. The first kappa shape index (κ1) is 35.0. The van der Waals surface area contributed by atoms with Crippen LogP contribution < -0.4 is 0 Å². The molecule has 9 rings (SSSR count). The van der Waals surface area contributed by atoms with Gasteiger partial charge in [0.1, 0.15) is 12.2 Å². The summed E-state index contributed by atoms with van der Waals surface area (Å²) in [5, 5.41) is 0. The van der Waals surface area contributed by atoms with Crippen molar-refractivity contribution < 1.29 is 28.5 Å². The number of rotatable bonds is 0. The first-order chi connectivity index (χ1) is 21.9. The van der Waals surface area contributed by atoms with Gasteiger partial charge in [-0.1, -0.05) is 65.8 Å². The fraction of sp³-hybridized carbons (Fsp3) is 0.725. The van der Waals surface area contributed by atoms with Gasteiger partial charge in [-0.3, -0.25) is 0 Å². The van der Waals surface area contributed by atoms with Gasteiger partial charge in [0.2, 0.25) is 0 Å². The number of esters is 1. The second-order valence-electron chi connectivity index (χ2n) is 15.5. The normalized spacial score (nSPS) is 48.4. The zero-order chi connectivity index (χ0) is 33.3. The van der Waals surface area contributed by atoms with E-state index in [0.717, 1.165) is 52.9 Å². The van der Waals surface area contributed by atoms with Gasteiger partial charge in [0.15, 0.2) is 0 Å². The Morgan fingerprint density at radius 3 is 1.52 bits per heavy atom. The van der Waals surface area contributed by atoms with E-state index in [0.29, 0.717) is 48.5 Å². The number of ether oxygens (including phenoxy) is 5. The summed E-state index contributed by atoms with van der Waals surface area (Å²) in [6.45, 7) is 21.6. The van der Waals surface area contributed by atoms with E-state index in [-0.39, 0.29) is 12.1 Å². The van der Waals surface area contributed by atoms with Crippen LogP contribution in [0, 0.1) is 59.2 Å². The van der Waals surface area contributed by atoms with E-state index in [1.54, 1.807) is 12.5 Å². The summed E-state index contributed by atoms with van der Waals surface area (Å²) in [5.41, 5.74) is 1.01. The minimum atomic E-state index is -0.213. The Morgan fingerprint density at radius 2 is 1.22 bits per heavy atom. The molecule has 17 unspecified atom stereocenters. The molecule has 9 aliphatic rings. The summed E-state index contributed by atoms with van der Waals surface area (Å²) >= 11 is 0. The molecule has 7 aliphatic heterocycles. The SMILES string of the molecule is CC1=CC(=O)OC1C.CC1C(C)C2OC1C1C3C=CC(C3)C21.CC1C2C=CC(O2)C1C.CC1C=COC1C.CC1CC=COC1C. The lowest BCUT2D eigenvalue weighted by atomic mass is 9.66. The smallest absolute Gasteiger partial charge is 0.331 e. The van der Waals surface area contributed by atoms with Crippen LogP contribution in [0.3, 0.4) is 0 Å². The Balaban J connectivity index is 0.000000117. The second kappa shape index (κ2) is 14.8. The van der Waals surface area contributed by atoms with Crippen molar-refractivity contribution in [3.8, 4) is 0 Å². The fourth-order valence-electron chi connectivity index (χ4n) is 8.38. The van der Waals surface area contributed by atoms with Crippen molar-refractivity contribution in [2.75, 3.05) is 0 Å². The largest absolute Gasteiger partial charge is 0.498 e. The molecule has 0 spiro atoms. The van der Waals surface area contributed by atoms with Crippen LogP contribution in [0.4, 0.5) is 0 Å². The molecule has 7 heterocycles. The molecule has 6 nitrogen and oxygen atoms in total. The Morgan fingerprint density at radius 1 is 0.652 bits per heavy atom. The third-order valence-electron chi connectivity index (χ3n) is 12.6. The van der Waals surface area contributed by atoms with Crippen molar-refractivity contribution in [1.29, 1.82) is 0 Å². The van der Waals surface area contributed by atoms with Gasteiger partial charge in [-0.25, -0.2) is 4.79 Å². The number of cyclic esters (lactones) is 1. The molecule has 46 heavy (non-hydrogen) atoms. The molecule has 1 saturated carbocycles. The Bertz CT molecular complexity index is 1140. The zero-order valence-electron chi connectivity index (χ0n) is 29.9. The monoisotopic (exact) mass is 636 g/mol. The molecule has 256 valence electrons. The molecule has 17 atom stereocenters. The predicted octanol–water partition coefficient (Wildman–Crippen LogP) is 8.45. The number of allylic oxidation sites excluding steroid dienone is 3. The molecule has 0 N–H and O–H groups in total. The van der Waals surface area contributed by atoms with Crippen LogP contribution in [0.15, 0.2) is 60.6 Å². The lowest BCUT2D eigenvalue weighted by Gasteiger charge is -2.35. The van der Waals surface area contributed by atoms with Gasteiger partial charge in [-0.05, 0) is 112 Å². The molecule has 0 aromatic heterocycles. The zero-order valence-corrected chi connectivity index (χ0v) is 29.9. The van der Waals surface area contributed by atoms with Crippen LogP contribution in [-0.2, 0) is 28.5 Å². The van der Waals surface area contributed by atoms with E-state index in [1.165, 1.54) is 18.9 Å². The highest BCUT2D eigenvalue weighted by molar-refractivity contribution is 5.85. The first-order valence-corrected chi connectivity index (χ1v) is 18.1. The third-order valence-corrected chi connectivity index (χ3v) is 12.6. The lowest BCUT2D eigenvalue weighted by molar-refractivity contribution is -0.138. The van der Waals surface area contributed by atoms with Crippen molar-refractivity contribution in [2.24, 2.45) is 59.2 Å². The first-order valence-electron chi connectivity index (χ1n) is 18.1. The topological polar surface area (TPSA) is 63.2 Å². The summed E-state index contributed by atoms with van der Waals surface area (Å²) in [5.74, 6) is 7.69. The van der Waals surface area contributed by atoms with Gasteiger partial charge in [0, 0.05) is 12.0 Å². The van der Waals surface area contributed by atoms with Gasteiger partial charge < -0.3 is 23.7 Å². The van der Waals surface area contributed by atoms with E-state index < -0.39 is 0 Å². The summed E-state index contributed by atoms with van der Waals surface area (Å²) in [6.07, 6.45) is 24.0. The average molecular weight is 637 g/mol. The predicted molar refractivity (Wildman–Crippen MR) is 182 cm³/mol. The maximum Gasteiger partial charge on any atom is 0.331 e. The molecule has 0 radical (unpaired) electrons. The lowest BCUT2D eigenvalue weighted by Crippen LogP contribution is -2.39. The van der Waals surface area contributed by atoms with Crippen LogP contribution in [0.25, 0.3) is 0 Å². The molecule has 2 aliphatic carbocycles. The molecular weight excluding hydrogens is 576 g/mol. The van der Waals surface area contributed by atoms with Crippen molar-refractivity contribution in [3.63, 3.8) is 0 Å². The average Bonchev–Trinajstić information content (AvgIpc) is 3.89. The van der Waals surface area contributed by atoms with Gasteiger partial charge >= 0.3 is 5.97 Å². The Kier molecular flexibility index (Phi) is 11.3. The van der Waals surface area contributed by atoms with Crippen LogP contribution in [0.1, 0.15) is 82.1 Å². The molecule has 0 aromatic carbocycles. The summed E-state index contributed by atoms with van der Waals surface area (Å²) < 4.78 is 26.8. The van der Waals surface area contributed by atoms with E-state index in [4.69, 9.17) is 23.7 Å². The van der Waals surface area contributed by atoms with Crippen molar-refractivity contribution >= 4 is 5.97 Å². The Hall–Kier alpha value is -2.31. The van der Waals surface area contributed by atoms with Gasteiger partial charge in [0.05, 0.1) is 43.0 Å². The molecule has 0 amide bonds. The number of fused-ring (bicyclic) bond motifs is 11. The number of carbonyl (C=O) groups is 1. The molecule has 0 aromatic rings. The van der Waals surface area contributed by atoms with E-state index in [2.05, 4.69) is 91.8 Å². The van der Waals surface area contributed by atoms with Crippen molar-refractivity contribution in [2.45, 2.75) is 125 Å². The highest BCUT2D eigenvalue weighted by Gasteiger charge is 2.63. The van der Waals surface area contributed by atoms with Gasteiger partial charge in [-0.2, -0.15) is 0 Å². The fourth-order valence-corrected chi connectivity index (χ4v) is 8.38. The van der Waals surface area contributed by atoms with E-state index >= 15 is 0 Å². The highest BCUT2D eigenvalue weighted by Crippen LogP contribution is 2.62. The maximum absolute atomic E-state index is 10.4. The summed E-state index contributed by atoms with van der Waals surface area (Å²) in [4.78, 5) is 10.4. The van der Waals surface area contributed by atoms with Crippen LogP contribution in [-0.4, -0.2) is 48.7 Å². The highest BCUT2D eigenvalue weighted by atomic mass is 16.5. The molecule has 6 heteroatoms. The molecule has 4 fully saturated rings. The third kappa shape index (κ3) is 7.38. The minimum Gasteiger partial charge on any atom is -0.498 e. The molecular formula is C40H60O6. The van der Waals surface area contributed by atoms with E-state index in [1.807, 2.05) is 13.8 Å². The number of carbonyl (C=O) groups excluding carboxylic acids is 1. The molecule has 3 saturated heterocycles. The van der Waals surface area contributed by atoms with Crippen molar-refractivity contribution in [1.82, 2.24) is 0 Å². The van der Waals surface area contributed by atoms with Crippen molar-refractivity contribution in [3.05, 3.63) is 60.6 Å². The van der Waals surface area contributed by atoms with Crippen LogP contribution >= 0.6 is 0 Å². The van der Waals surface area contributed by atoms with E-state index in [9.17, 15) is 4.79 Å². The minimum absolute atomic E-state index is 0.00231. The molecule has 6 bridgehead atoms. The summed E-state index contributed by atoms with van der Waals surface area (Å²) in [7, 11) is 0. The standard InChI is InChI=1S/C13H18O.C8H12O.C7H12O.C6H8O2.C6H10O/c1-6-7(2)13-11-9-4-3-8(5-9)10(11)12(6)14-13;1-5-6(2)8-4-3-7(5)9-8;1-6-4-3-5-8-7(6)2;1-4-3-6(7)8-5(4)2;1-5-3-4-7-6(5)2/h3-4,6-13H,5H2,1-2H3;3-8H,1-2H3;3,5-7H,4H2,1-2H3;3,5H,1-2H3;3-6H,1-2H3. The van der Waals surface area contributed by atoms with Crippen LogP contribution in [0.2, 0.25) is 0 Å².